The molecule has 0 aromatic heterocycles. The van der Waals surface area contributed by atoms with Crippen LogP contribution < -0.4 is 4.72 Å². The summed E-state index contributed by atoms with van der Waals surface area (Å²) in [6.45, 7) is 4.34. The van der Waals surface area contributed by atoms with Gasteiger partial charge in [-0.05, 0) is 43.2 Å². The van der Waals surface area contributed by atoms with Crippen LogP contribution in [0.4, 0.5) is 0 Å². The summed E-state index contributed by atoms with van der Waals surface area (Å²) in [4.78, 5) is 0.736. The van der Waals surface area contributed by atoms with E-state index in [-0.39, 0.29) is 6.04 Å². The van der Waals surface area contributed by atoms with Gasteiger partial charge in [0.2, 0.25) is 10.0 Å². The Labute approximate surface area is 130 Å². The third-order valence-corrected chi connectivity index (χ3v) is 5.65. The summed E-state index contributed by atoms with van der Waals surface area (Å²) >= 11 is 3.66. The second-order valence-corrected chi connectivity index (χ2v) is 8.91. The number of sulfonamides is 1. The second kappa shape index (κ2) is 6.58. The summed E-state index contributed by atoms with van der Waals surface area (Å²) in [5, 5.41) is 0. The van der Waals surface area contributed by atoms with Gasteiger partial charge in [-0.3, -0.25) is 0 Å². The normalized spacial score (nSPS) is 17.4. The molecule has 2 rings (SSSR count). The highest BCUT2D eigenvalue weighted by molar-refractivity contribution is 9.09. The first-order valence-corrected chi connectivity index (χ1v) is 9.52. The Morgan fingerprint density at radius 1 is 1.30 bits per heavy atom. The quantitative estimate of drug-likeness (QED) is 0.757. The van der Waals surface area contributed by atoms with Gasteiger partial charge in [0.25, 0.3) is 0 Å². The highest BCUT2D eigenvalue weighted by atomic mass is 79.9. The summed E-state index contributed by atoms with van der Waals surface area (Å²) in [6, 6.07) is 7.45. The number of alkyl halides is 1. The average molecular weight is 360 g/mol. The van der Waals surface area contributed by atoms with Crippen molar-refractivity contribution in [2.45, 2.75) is 55.3 Å². The lowest BCUT2D eigenvalue weighted by atomic mass is 10.0. The van der Waals surface area contributed by atoms with E-state index < -0.39 is 10.0 Å². The number of rotatable bonds is 7. The van der Waals surface area contributed by atoms with Crippen molar-refractivity contribution in [3.8, 4) is 0 Å². The first-order valence-electron chi connectivity index (χ1n) is 7.13. The van der Waals surface area contributed by atoms with Crippen LogP contribution in [0.5, 0.6) is 0 Å². The van der Waals surface area contributed by atoms with Crippen LogP contribution in [-0.4, -0.2) is 19.3 Å². The number of hydrogen-bond acceptors (Lipinski definition) is 2. The molecule has 0 bridgehead atoms. The molecule has 1 saturated carbocycles. The minimum atomic E-state index is -3.37. The van der Waals surface area contributed by atoms with Crippen molar-refractivity contribution in [3.05, 3.63) is 29.8 Å². The Balaban J connectivity index is 2.17. The van der Waals surface area contributed by atoms with Gasteiger partial charge >= 0.3 is 0 Å². The molecule has 0 aliphatic heterocycles. The van der Waals surface area contributed by atoms with E-state index >= 15 is 0 Å². The number of nitrogens with one attached hydrogen (secondary N) is 1. The van der Waals surface area contributed by atoms with Crippen molar-refractivity contribution in [1.29, 1.82) is 0 Å². The summed E-state index contributed by atoms with van der Waals surface area (Å²) in [5.74, 6) is 0.590. The van der Waals surface area contributed by atoms with E-state index in [0.717, 1.165) is 31.2 Å². The molecule has 5 heteroatoms. The first-order chi connectivity index (χ1) is 9.38. The molecule has 1 aliphatic carbocycles. The Morgan fingerprint density at radius 2 is 1.95 bits per heavy atom. The molecule has 1 N–H and O–H groups in total. The zero-order valence-electron chi connectivity index (χ0n) is 12.0. The van der Waals surface area contributed by atoms with Crippen LogP contribution in [-0.2, 0) is 16.4 Å². The zero-order valence-corrected chi connectivity index (χ0v) is 14.4. The number of hydrogen-bond donors (Lipinski definition) is 1. The summed E-state index contributed by atoms with van der Waals surface area (Å²) in [7, 11) is -3.37. The van der Waals surface area contributed by atoms with Crippen LogP contribution in [0.3, 0.4) is 0 Å². The van der Waals surface area contributed by atoms with Crippen molar-refractivity contribution in [1.82, 2.24) is 4.72 Å². The van der Waals surface area contributed by atoms with Gasteiger partial charge in [-0.15, -0.1) is 0 Å². The van der Waals surface area contributed by atoms with Crippen molar-refractivity contribution in [2.24, 2.45) is 5.92 Å². The number of halogens is 1. The molecule has 0 heterocycles. The van der Waals surface area contributed by atoms with Gasteiger partial charge < -0.3 is 0 Å². The monoisotopic (exact) mass is 359 g/mol. The molecule has 1 aromatic rings. The molecule has 1 fully saturated rings. The Kier molecular flexibility index (Phi) is 5.26. The van der Waals surface area contributed by atoms with E-state index in [1.165, 1.54) is 0 Å². The van der Waals surface area contributed by atoms with E-state index in [1.807, 2.05) is 12.1 Å². The maximum atomic E-state index is 12.4. The SMILES string of the molecule is CC(C)CC(Br)Cc1ccccc1S(=O)(=O)NC1CC1. The second-order valence-electron chi connectivity index (χ2n) is 5.93. The van der Waals surface area contributed by atoms with Crippen molar-refractivity contribution >= 4 is 26.0 Å². The molecule has 1 unspecified atom stereocenters. The minimum Gasteiger partial charge on any atom is -0.208 e. The van der Waals surface area contributed by atoms with Gasteiger partial charge in [-0.25, -0.2) is 13.1 Å². The predicted octanol–water partition coefficient (Wildman–Crippen LogP) is 3.48. The third-order valence-electron chi connectivity index (χ3n) is 3.33. The maximum absolute atomic E-state index is 12.4. The lowest BCUT2D eigenvalue weighted by Crippen LogP contribution is -2.27. The van der Waals surface area contributed by atoms with E-state index in [4.69, 9.17) is 0 Å². The molecule has 1 aliphatic rings. The highest BCUT2D eigenvalue weighted by Crippen LogP contribution is 2.26. The molecule has 1 atom stereocenters. The number of benzene rings is 1. The summed E-state index contributed by atoms with van der Waals surface area (Å²) in [5.41, 5.74) is 0.892. The molecule has 0 spiro atoms. The van der Waals surface area contributed by atoms with Crippen LogP contribution in [0.2, 0.25) is 0 Å². The molecule has 0 saturated heterocycles. The van der Waals surface area contributed by atoms with Gasteiger partial charge in [-0.1, -0.05) is 48.0 Å². The van der Waals surface area contributed by atoms with Crippen LogP contribution in [0.1, 0.15) is 38.7 Å². The molecular formula is C15H22BrNO2S. The van der Waals surface area contributed by atoms with Gasteiger partial charge in [0.15, 0.2) is 0 Å². The average Bonchev–Trinajstić information content (AvgIpc) is 3.11. The van der Waals surface area contributed by atoms with Gasteiger partial charge in [-0.2, -0.15) is 0 Å². The first kappa shape index (κ1) is 16.0. The van der Waals surface area contributed by atoms with Gasteiger partial charge in [0, 0.05) is 10.9 Å². The van der Waals surface area contributed by atoms with Gasteiger partial charge in [0.1, 0.15) is 0 Å². The Morgan fingerprint density at radius 3 is 2.55 bits per heavy atom. The highest BCUT2D eigenvalue weighted by Gasteiger charge is 2.29. The molecule has 3 nitrogen and oxygen atoms in total. The van der Waals surface area contributed by atoms with Crippen molar-refractivity contribution in [3.63, 3.8) is 0 Å². The fourth-order valence-electron chi connectivity index (χ4n) is 2.25. The zero-order chi connectivity index (χ0) is 14.8. The van der Waals surface area contributed by atoms with Crippen LogP contribution >= 0.6 is 15.9 Å². The van der Waals surface area contributed by atoms with E-state index in [1.54, 1.807) is 12.1 Å². The van der Waals surface area contributed by atoms with E-state index in [0.29, 0.717) is 15.6 Å². The summed E-state index contributed by atoms with van der Waals surface area (Å²) in [6.07, 6.45) is 3.68. The molecule has 0 amide bonds. The fraction of sp³-hybridized carbons (Fsp3) is 0.600. The standard InChI is InChI=1S/C15H22BrNO2S/c1-11(2)9-13(16)10-12-5-3-4-6-15(12)20(18,19)17-14-7-8-14/h3-6,11,13-14,17H,7-10H2,1-2H3. The van der Waals surface area contributed by atoms with Crippen LogP contribution in [0.25, 0.3) is 0 Å². The molecule has 1 aromatic carbocycles. The Hall–Kier alpha value is -0.390. The lowest BCUT2D eigenvalue weighted by Gasteiger charge is -2.15. The molecule has 20 heavy (non-hydrogen) atoms. The Bertz CT molecular complexity index is 553. The smallest absolute Gasteiger partial charge is 0.208 e. The largest absolute Gasteiger partial charge is 0.241 e. The maximum Gasteiger partial charge on any atom is 0.241 e. The van der Waals surface area contributed by atoms with Crippen LogP contribution in [0.15, 0.2) is 29.2 Å². The van der Waals surface area contributed by atoms with E-state index in [2.05, 4.69) is 34.5 Å². The topological polar surface area (TPSA) is 46.2 Å². The van der Waals surface area contributed by atoms with Crippen LogP contribution in [0, 0.1) is 5.92 Å². The fourth-order valence-corrected chi connectivity index (χ4v) is 4.90. The van der Waals surface area contributed by atoms with Crippen molar-refractivity contribution in [2.75, 3.05) is 0 Å². The summed E-state index contributed by atoms with van der Waals surface area (Å²) < 4.78 is 27.5. The minimum absolute atomic E-state index is 0.142. The lowest BCUT2D eigenvalue weighted by molar-refractivity contribution is 0.565. The van der Waals surface area contributed by atoms with E-state index in [9.17, 15) is 8.42 Å². The third kappa shape index (κ3) is 4.57. The predicted molar refractivity (Wildman–Crippen MR) is 85.7 cm³/mol. The van der Waals surface area contributed by atoms with Crippen molar-refractivity contribution < 1.29 is 8.42 Å². The van der Waals surface area contributed by atoms with Gasteiger partial charge in [0.05, 0.1) is 4.90 Å². The molecule has 0 radical (unpaired) electrons. The molecule has 112 valence electrons. The molecular weight excluding hydrogens is 338 g/mol.